The molecule has 0 spiro atoms. The Morgan fingerprint density at radius 2 is 1.95 bits per heavy atom. The number of rotatable bonds is 9. The van der Waals surface area contributed by atoms with Crippen molar-refractivity contribution in [3.63, 3.8) is 0 Å². The number of sulfonamides is 1. The molecular weight excluding hydrogens is 268 g/mol. The predicted molar refractivity (Wildman–Crippen MR) is 73.7 cm³/mol. The van der Waals surface area contributed by atoms with E-state index in [1.807, 2.05) is 30.3 Å². The molecule has 0 saturated carbocycles. The molecule has 3 N–H and O–H groups in total. The summed E-state index contributed by atoms with van der Waals surface area (Å²) in [6.07, 6.45) is 0.466. The molecule has 1 rings (SSSR count). The van der Waals surface area contributed by atoms with Crippen LogP contribution < -0.4 is 14.8 Å². The van der Waals surface area contributed by atoms with Crippen LogP contribution >= 0.6 is 0 Å². The molecule has 0 aliphatic rings. The maximum absolute atomic E-state index is 10.8. The average Bonchev–Trinajstić information content (AvgIpc) is 2.36. The van der Waals surface area contributed by atoms with Crippen LogP contribution in [0.1, 0.15) is 0 Å². The van der Waals surface area contributed by atoms with E-state index in [-0.39, 0.29) is 6.61 Å². The van der Waals surface area contributed by atoms with Gasteiger partial charge in [-0.05, 0) is 12.1 Å². The molecule has 1 atom stereocenters. The molecule has 0 aromatic heterocycles. The van der Waals surface area contributed by atoms with Gasteiger partial charge in [-0.25, -0.2) is 13.1 Å². The van der Waals surface area contributed by atoms with Gasteiger partial charge < -0.3 is 15.2 Å². The average molecular weight is 288 g/mol. The Bertz CT molecular complexity index is 450. The molecule has 1 unspecified atom stereocenters. The molecule has 1 aromatic rings. The smallest absolute Gasteiger partial charge is 0.208 e. The number of hydrogen-bond acceptors (Lipinski definition) is 5. The Kier molecular flexibility index (Phi) is 6.79. The van der Waals surface area contributed by atoms with Crippen molar-refractivity contribution < 1.29 is 18.3 Å². The fraction of sp³-hybridized carbons (Fsp3) is 0.500. The van der Waals surface area contributed by atoms with Crippen molar-refractivity contribution in [3.8, 4) is 5.75 Å². The number of aliphatic hydroxyl groups excluding tert-OH is 1. The molecule has 0 aliphatic heterocycles. The summed E-state index contributed by atoms with van der Waals surface area (Å²) in [5.74, 6) is 0.709. The monoisotopic (exact) mass is 288 g/mol. The van der Waals surface area contributed by atoms with Gasteiger partial charge >= 0.3 is 0 Å². The molecule has 108 valence electrons. The van der Waals surface area contributed by atoms with Gasteiger partial charge in [0.05, 0.1) is 6.26 Å². The highest BCUT2D eigenvalue weighted by molar-refractivity contribution is 7.88. The first kappa shape index (κ1) is 15.9. The van der Waals surface area contributed by atoms with E-state index in [1.165, 1.54) is 0 Å². The van der Waals surface area contributed by atoms with Crippen molar-refractivity contribution in [2.24, 2.45) is 0 Å². The van der Waals surface area contributed by atoms with Crippen LogP contribution in [0.2, 0.25) is 0 Å². The summed E-state index contributed by atoms with van der Waals surface area (Å²) in [6.45, 7) is 1.29. The van der Waals surface area contributed by atoms with E-state index in [4.69, 9.17) is 4.74 Å². The number of hydrogen-bond donors (Lipinski definition) is 3. The third-order valence-corrected chi connectivity index (χ3v) is 2.96. The number of para-hydroxylation sites is 1. The van der Waals surface area contributed by atoms with Gasteiger partial charge in [0.1, 0.15) is 18.5 Å². The Balaban J connectivity index is 2.07. The van der Waals surface area contributed by atoms with Crippen molar-refractivity contribution >= 4 is 10.0 Å². The van der Waals surface area contributed by atoms with Gasteiger partial charge in [-0.2, -0.15) is 0 Å². The zero-order valence-corrected chi connectivity index (χ0v) is 11.7. The molecule has 0 saturated heterocycles. The fourth-order valence-electron chi connectivity index (χ4n) is 1.36. The van der Waals surface area contributed by atoms with Crippen molar-refractivity contribution in [2.75, 3.05) is 32.5 Å². The quantitative estimate of drug-likeness (QED) is 0.537. The van der Waals surface area contributed by atoms with Crippen molar-refractivity contribution in [1.82, 2.24) is 10.0 Å². The first-order chi connectivity index (χ1) is 8.97. The zero-order chi connectivity index (χ0) is 14.1. The summed E-state index contributed by atoms with van der Waals surface area (Å²) in [5, 5.41) is 12.6. The first-order valence-electron chi connectivity index (χ1n) is 5.98. The second-order valence-electron chi connectivity index (χ2n) is 4.15. The van der Waals surface area contributed by atoms with Gasteiger partial charge in [-0.3, -0.25) is 0 Å². The molecule has 0 radical (unpaired) electrons. The maximum Gasteiger partial charge on any atom is 0.208 e. The lowest BCUT2D eigenvalue weighted by Gasteiger charge is -2.13. The fourth-order valence-corrected chi connectivity index (χ4v) is 1.83. The van der Waals surface area contributed by atoms with Crippen molar-refractivity contribution in [3.05, 3.63) is 30.3 Å². The predicted octanol–water partition coefficient (Wildman–Crippen LogP) is -0.435. The lowest BCUT2D eigenvalue weighted by molar-refractivity contribution is 0.107. The minimum Gasteiger partial charge on any atom is -0.491 e. The Morgan fingerprint density at radius 1 is 1.26 bits per heavy atom. The van der Waals surface area contributed by atoms with Crippen molar-refractivity contribution in [1.29, 1.82) is 0 Å². The van der Waals surface area contributed by atoms with Crippen LogP contribution in [0, 0.1) is 0 Å². The standard InChI is InChI=1S/C12H20N2O4S/c1-19(16,17)14-8-7-13-9-11(15)10-18-12-5-3-2-4-6-12/h2-6,11,13-15H,7-10H2,1H3. The summed E-state index contributed by atoms with van der Waals surface area (Å²) in [7, 11) is -3.15. The lowest BCUT2D eigenvalue weighted by atomic mass is 10.3. The maximum atomic E-state index is 10.8. The zero-order valence-electron chi connectivity index (χ0n) is 10.9. The number of nitrogens with one attached hydrogen (secondary N) is 2. The highest BCUT2D eigenvalue weighted by Gasteiger charge is 2.05. The highest BCUT2D eigenvalue weighted by Crippen LogP contribution is 2.08. The Hall–Kier alpha value is -1.15. The number of ether oxygens (including phenoxy) is 1. The molecule has 0 aliphatic carbocycles. The van der Waals surface area contributed by atoms with E-state index >= 15 is 0 Å². The van der Waals surface area contributed by atoms with Crippen LogP contribution in [0.15, 0.2) is 30.3 Å². The summed E-state index contributed by atoms with van der Waals surface area (Å²) in [4.78, 5) is 0. The van der Waals surface area contributed by atoms with Crippen LogP contribution in [0.25, 0.3) is 0 Å². The van der Waals surface area contributed by atoms with Crippen LogP contribution in [-0.4, -0.2) is 52.1 Å². The van der Waals surface area contributed by atoms with E-state index < -0.39 is 16.1 Å². The van der Waals surface area contributed by atoms with E-state index in [9.17, 15) is 13.5 Å². The van der Waals surface area contributed by atoms with Gasteiger partial charge in [0, 0.05) is 19.6 Å². The van der Waals surface area contributed by atoms with E-state index in [1.54, 1.807) is 0 Å². The summed E-state index contributed by atoms with van der Waals surface area (Å²) in [5.41, 5.74) is 0. The molecule has 7 heteroatoms. The van der Waals surface area contributed by atoms with Crippen LogP contribution in [0.3, 0.4) is 0 Å². The molecule has 0 amide bonds. The SMILES string of the molecule is CS(=O)(=O)NCCNCC(O)COc1ccccc1. The highest BCUT2D eigenvalue weighted by atomic mass is 32.2. The first-order valence-corrected chi connectivity index (χ1v) is 7.88. The second-order valence-corrected chi connectivity index (χ2v) is 5.98. The van der Waals surface area contributed by atoms with E-state index in [0.29, 0.717) is 25.4 Å². The number of aliphatic hydroxyl groups is 1. The van der Waals surface area contributed by atoms with Crippen LogP contribution in [0.5, 0.6) is 5.75 Å². The minimum absolute atomic E-state index is 0.191. The molecule has 0 fully saturated rings. The largest absolute Gasteiger partial charge is 0.491 e. The molecular formula is C12H20N2O4S. The molecule has 0 bridgehead atoms. The van der Waals surface area contributed by atoms with Gasteiger partial charge in [-0.15, -0.1) is 0 Å². The molecule has 19 heavy (non-hydrogen) atoms. The topological polar surface area (TPSA) is 87.7 Å². The molecule has 1 aromatic carbocycles. The summed E-state index contributed by atoms with van der Waals surface area (Å²) < 4.78 is 29.3. The van der Waals surface area contributed by atoms with E-state index in [2.05, 4.69) is 10.0 Å². The summed E-state index contributed by atoms with van der Waals surface area (Å²) in [6, 6.07) is 9.24. The van der Waals surface area contributed by atoms with E-state index in [0.717, 1.165) is 6.26 Å². The van der Waals surface area contributed by atoms with Crippen LogP contribution in [0.4, 0.5) is 0 Å². The second kappa shape index (κ2) is 8.11. The molecule has 6 nitrogen and oxygen atoms in total. The van der Waals surface area contributed by atoms with Crippen molar-refractivity contribution in [2.45, 2.75) is 6.10 Å². The van der Waals surface area contributed by atoms with Crippen LogP contribution in [-0.2, 0) is 10.0 Å². The summed E-state index contributed by atoms with van der Waals surface area (Å²) >= 11 is 0. The normalized spacial score (nSPS) is 13.2. The van der Waals surface area contributed by atoms with Gasteiger partial charge in [-0.1, -0.05) is 18.2 Å². The van der Waals surface area contributed by atoms with Gasteiger partial charge in [0.15, 0.2) is 0 Å². The third-order valence-electron chi connectivity index (χ3n) is 2.23. The van der Waals surface area contributed by atoms with Gasteiger partial charge in [0.2, 0.25) is 10.0 Å². The third kappa shape index (κ3) is 8.55. The molecule has 0 heterocycles. The Labute approximate surface area is 113 Å². The number of benzene rings is 1. The Morgan fingerprint density at radius 3 is 2.58 bits per heavy atom. The minimum atomic E-state index is -3.15. The van der Waals surface area contributed by atoms with Gasteiger partial charge in [0.25, 0.3) is 0 Å². The lowest BCUT2D eigenvalue weighted by Crippen LogP contribution is -2.36.